The summed E-state index contributed by atoms with van der Waals surface area (Å²) in [5.74, 6) is 0.202. The number of amides is 2. The van der Waals surface area contributed by atoms with Crippen LogP contribution < -0.4 is 10.6 Å². The van der Waals surface area contributed by atoms with Gasteiger partial charge in [0.1, 0.15) is 12.4 Å². The number of anilines is 1. The number of carbonyl (C=O) groups excluding carboxylic acids is 2. The molecule has 0 saturated heterocycles. The van der Waals surface area contributed by atoms with E-state index in [1.54, 1.807) is 24.3 Å². The number of aryl methyl sites for hydroxylation is 1. The second-order valence-electron chi connectivity index (χ2n) is 7.39. The maximum absolute atomic E-state index is 12.8. The standard InChI is InChI=1S/C25H23ClN4O2/c1-2-17-7-13-20(14-8-17)28-24(31)16-30-22-6-4-3-5-21(22)29-23(30)15-27-25(32)18-9-11-19(26)12-10-18/h3-14H,2,15-16H2,1H3,(H,27,32)(H,28,31). The van der Waals surface area contributed by atoms with Crippen LogP contribution in [0.2, 0.25) is 5.02 Å². The van der Waals surface area contributed by atoms with Gasteiger partial charge in [-0.2, -0.15) is 0 Å². The Hall–Kier alpha value is -3.64. The minimum Gasteiger partial charge on any atom is -0.345 e. The van der Waals surface area contributed by atoms with E-state index in [0.29, 0.717) is 16.4 Å². The van der Waals surface area contributed by atoms with Crippen molar-refractivity contribution >= 4 is 40.1 Å². The SMILES string of the molecule is CCc1ccc(NC(=O)Cn2c(CNC(=O)c3ccc(Cl)cc3)nc3ccccc32)cc1. The van der Waals surface area contributed by atoms with Crippen LogP contribution in [-0.2, 0) is 24.3 Å². The van der Waals surface area contributed by atoms with Gasteiger partial charge in [0.15, 0.2) is 0 Å². The molecule has 0 fully saturated rings. The minimum atomic E-state index is -0.235. The van der Waals surface area contributed by atoms with Crippen molar-refractivity contribution in [3.8, 4) is 0 Å². The minimum absolute atomic E-state index is 0.0855. The first-order chi connectivity index (χ1) is 15.5. The van der Waals surface area contributed by atoms with Crippen molar-refractivity contribution in [2.45, 2.75) is 26.4 Å². The van der Waals surface area contributed by atoms with Gasteiger partial charge < -0.3 is 15.2 Å². The van der Waals surface area contributed by atoms with Gasteiger partial charge in [-0.05, 0) is 60.5 Å². The highest BCUT2D eigenvalue weighted by Gasteiger charge is 2.15. The van der Waals surface area contributed by atoms with Crippen LogP contribution in [0.1, 0.15) is 28.7 Å². The van der Waals surface area contributed by atoms with Gasteiger partial charge in [-0.3, -0.25) is 9.59 Å². The molecule has 0 aliphatic carbocycles. The molecule has 162 valence electrons. The molecule has 1 aromatic heterocycles. The van der Waals surface area contributed by atoms with Crippen molar-refractivity contribution in [2.24, 2.45) is 0 Å². The van der Waals surface area contributed by atoms with Gasteiger partial charge in [0.2, 0.25) is 5.91 Å². The van der Waals surface area contributed by atoms with Crippen LogP contribution in [0.15, 0.2) is 72.8 Å². The topological polar surface area (TPSA) is 76.0 Å². The van der Waals surface area contributed by atoms with Crippen LogP contribution >= 0.6 is 11.6 Å². The summed E-state index contributed by atoms with van der Waals surface area (Å²) >= 11 is 5.89. The zero-order valence-corrected chi connectivity index (χ0v) is 18.4. The van der Waals surface area contributed by atoms with Gasteiger partial charge in [0.25, 0.3) is 5.91 Å². The Bertz CT molecular complexity index is 1250. The summed E-state index contributed by atoms with van der Waals surface area (Å²) in [5, 5.41) is 6.37. The molecule has 6 nitrogen and oxygen atoms in total. The average Bonchev–Trinajstić information content (AvgIpc) is 3.15. The molecular formula is C25H23ClN4O2. The van der Waals surface area contributed by atoms with Gasteiger partial charge in [-0.1, -0.05) is 42.8 Å². The molecule has 0 aliphatic rings. The molecule has 0 atom stereocenters. The molecule has 2 N–H and O–H groups in total. The van der Waals surface area contributed by atoms with Crippen molar-refractivity contribution in [1.82, 2.24) is 14.9 Å². The highest BCUT2D eigenvalue weighted by Crippen LogP contribution is 2.17. The Balaban J connectivity index is 1.51. The average molecular weight is 447 g/mol. The Kier molecular flexibility index (Phi) is 6.52. The number of imidazole rings is 1. The van der Waals surface area contributed by atoms with E-state index in [4.69, 9.17) is 11.6 Å². The number of aromatic nitrogens is 2. The smallest absolute Gasteiger partial charge is 0.251 e. The Morgan fingerprint density at radius 3 is 2.41 bits per heavy atom. The van der Waals surface area contributed by atoms with Gasteiger partial charge in [0, 0.05) is 16.3 Å². The van der Waals surface area contributed by atoms with Crippen LogP contribution in [0.4, 0.5) is 5.69 Å². The number of halogens is 1. The number of rotatable bonds is 7. The normalized spacial score (nSPS) is 10.8. The van der Waals surface area contributed by atoms with Crippen molar-refractivity contribution in [1.29, 1.82) is 0 Å². The summed E-state index contributed by atoms with van der Waals surface area (Å²) in [6, 6.07) is 22.1. The van der Waals surface area contributed by atoms with Crippen LogP contribution in [0.25, 0.3) is 11.0 Å². The Morgan fingerprint density at radius 1 is 0.969 bits per heavy atom. The summed E-state index contributed by atoms with van der Waals surface area (Å²) in [4.78, 5) is 29.9. The van der Waals surface area contributed by atoms with Crippen molar-refractivity contribution in [3.05, 3.63) is 94.8 Å². The first-order valence-corrected chi connectivity index (χ1v) is 10.8. The summed E-state index contributed by atoms with van der Waals surface area (Å²) in [6.07, 6.45) is 0.945. The van der Waals surface area contributed by atoms with E-state index in [1.807, 2.05) is 53.1 Å². The molecule has 7 heteroatoms. The summed E-state index contributed by atoms with van der Waals surface area (Å²) in [7, 11) is 0. The van der Waals surface area contributed by atoms with Crippen molar-refractivity contribution in [2.75, 3.05) is 5.32 Å². The molecule has 3 aromatic carbocycles. The van der Waals surface area contributed by atoms with Gasteiger partial charge in [-0.15, -0.1) is 0 Å². The van der Waals surface area contributed by atoms with E-state index in [-0.39, 0.29) is 24.9 Å². The van der Waals surface area contributed by atoms with Gasteiger partial charge in [0.05, 0.1) is 17.6 Å². The van der Waals surface area contributed by atoms with Crippen LogP contribution in [0.5, 0.6) is 0 Å². The molecule has 0 unspecified atom stereocenters. The fraction of sp³-hybridized carbons (Fsp3) is 0.160. The Morgan fingerprint density at radius 2 is 1.69 bits per heavy atom. The number of hydrogen-bond acceptors (Lipinski definition) is 3. The highest BCUT2D eigenvalue weighted by atomic mass is 35.5. The maximum Gasteiger partial charge on any atom is 0.251 e. The predicted octanol–water partition coefficient (Wildman–Crippen LogP) is 4.82. The van der Waals surface area contributed by atoms with E-state index in [2.05, 4.69) is 22.5 Å². The van der Waals surface area contributed by atoms with Gasteiger partial charge >= 0.3 is 0 Å². The number of para-hydroxylation sites is 2. The molecule has 0 radical (unpaired) electrons. The summed E-state index contributed by atoms with van der Waals surface area (Å²) < 4.78 is 1.83. The molecular weight excluding hydrogens is 424 g/mol. The molecule has 2 amide bonds. The van der Waals surface area contributed by atoms with Crippen LogP contribution in [-0.4, -0.2) is 21.4 Å². The molecule has 0 bridgehead atoms. The second-order valence-corrected chi connectivity index (χ2v) is 7.83. The summed E-state index contributed by atoms with van der Waals surface area (Å²) in [5.41, 5.74) is 4.06. The number of fused-ring (bicyclic) bond motifs is 1. The first kappa shape index (κ1) is 21.6. The lowest BCUT2D eigenvalue weighted by molar-refractivity contribution is -0.116. The number of nitrogens with one attached hydrogen (secondary N) is 2. The van der Waals surface area contributed by atoms with E-state index >= 15 is 0 Å². The second kappa shape index (κ2) is 9.66. The maximum atomic E-state index is 12.8. The van der Waals surface area contributed by atoms with E-state index < -0.39 is 0 Å². The molecule has 4 aromatic rings. The van der Waals surface area contributed by atoms with E-state index in [0.717, 1.165) is 23.1 Å². The monoisotopic (exact) mass is 446 g/mol. The van der Waals surface area contributed by atoms with Crippen LogP contribution in [0, 0.1) is 0 Å². The number of benzene rings is 3. The molecule has 4 rings (SSSR count). The fourth-order valence-corrected chi connectivity index (χ4v) is 3.59. The number of hydrogen-bond donors (Lipinski definition) is 2. The molecule has 0 spiro atoms. The Labute approximate surface area is 191 Å². The number of nitrogens with zero attached hydrogens (tertiary/aromatic N) is 2. The van der Waals surface area contributed by atoms with Crippen LogP contribution in [0.3, 0.4) is 0 Å². The third-order valence-corrected chi connectivity index (χ3v) is 5.45. The van der Waals surface area contributed by atoms with Gasteiger partial charge in [-0.25, -0.2) is 4.98 Å². The molecule has 1 heterocycles. The number of carbonyl (C=O) groups is 2. The van der Waals surface area contributed by atoms with E-state index in [9.17, 15) is 9.59 Å². The predicted molar refractivity (Wildman–Crippen MR) is 127 cm³/mol. The summed E-state index contributed by atoms with van der Waals surface area (Å²) in [6.45, 7) is 2.36. The lowest BCUT2D eigenvalue weighted by Gasteiger charge is -2.11. The largest absolute Gasteiger partial charge is 0.345 e. The van der Waals surface area contributed by atoms with E-state index in [1.165, 1.54) is 5.56 Å². The zero-order chi connectivity index (χ0) is 22.5. The fourth-order valence-electron chi connectivity index (χ4n) is 3.47. The molecule has 0 saturated carbocycles. The first-order valence-electron chi connectivity index (χ1n) is 10.4. The quantitative estimate of drug-likeness (QED) is 0.427. The highest BCUT2D eigenvalue weighted by molar-refractivity contribution is 6.30. The third-order valence-electron chi connectivity index (χ3n) is 5.19. The van der Waals surface area contributed by atoms with Crippen molar-refractivity contribution in [3.63, 3.8) is 0 Å². The zero-order valence-electron chi connectivity index (χ0n) is 17.6. The lowest BCUT2D eigenvalue weighted by Crippen LogP contribution is -2.26. The molecule has 0 aliphatic heterocycles. The lowest BCUT2D eigenvalue weighted by atomic mass is 10.1. The molecule has 32 heavy (non-hydrogen) atoms. The third kappa shape index (κ3) is 4.98. The van der Waals surface area contributed by atoms with Crippen molar-refractivity contribution < 1.29 is 9.59 Å².